The van der Waals surface area contributed by atoms with Crippen molar-refractivity contribution >= 4 is 7.82 Å². The average Bonchev–Trinajstić information content (AvgIpc) is 3.33. The fourth-order valence-electron chi connectivity index (χ4n) is 9.14. The van der Waals surface area contributed by atoms with Gasteiger partial charge in [-0.25, -0.2) is 0 Å². The molecule has 0 atom stereocenters. The Labute approximate surface area is 392 Å². The molecule has 0 unspecified atom stereocenters. The van der Waals surface area contributed by atoms with Crippen molar-refractivity contribution in [1.82, 2.24) is 0 Å². The van der Waals surface area contributed by atoms with Crippen molar-refractivity contribution in [2.45, 2.75) is 157 Å². The predicted octanol–water partition coefficient (Wildman–Crippen LogP) is 18.4. The van der Waals surface area contributed by atoms with Gasteiger partial charge in [-0.1, -0.05) is 189 Å². The molecule has 0 N–H and O–H groups in total. The highest BCUT2D eigenvalue weighted by Crippen LogP contribution is 2.55. The highest BCUT2D eigenvalue weighted by Gasteiger charge is 2.36. The molecule has 65 heavy (non-hydrogen) atoms. The zero-order chi connectivity index (χ0) is 45.9. The highest BCUT2D eigenvalue weighted by molar-refractivity contribution is 7.49. The van der Waals surface area contributed by atoms with Crippen LogP contribution in [0.3, 0.4) is 0 Å². The minimum absolute atomic E-state index is 0.464. The molecule has 0 bridgehead atoms. The Hall–Kier alpha value is -5.05. The normalized spacial score (nSPS) is 11.5. The first-order valence-corrected chi connectivity index (χ1v) is 26.6. The van der Waals surface area contributed by atoms with Crippen LogP contribution in [-0.4, -0.2) is 0 Å². The van der Waals surface area contributed by atoms with Crippen LogP contribution in [0.4, 0.5) is 0 Å². The van der Waals surface area contributed by atoms with Gasteiger partial charge >= 0.3 is 7.82 Å². The number of unbranched alkanes of at least 4 members (excludes halogenated alkanes) is 6. The van der Waals surface area contributed by atoms with E-state index in [-0.39, 0.29) is 0 Å². The van der Waals surface area contributed by atoms with E-state index >= 15 is 4.57 Å². The van der Waals surface area contributed by atoms with E-state index < -0.39 is 7.82 Å². The van der Waals surface area contributed by atoms with Crippen molar-refractivity contribution in [3.63, 3.8) is 0 Å². The second kappa shape index (κ2) is 25.6. The third-order valence-electron chi connectivity index (χ3n) is 12.7. The van der Waals surface area contributed by atoms with Crippen LogP contribution in [0.15, 0.2) is 127 Å². The summed E-state index contributed by atoms with van der Waals surface area (Å²) >= 11 is 0. The van der Waals surface area contributed by atoms with E-state index in [0.717, 1.165) is 149 Å². The number of phosphoric ester groups is 1. The molecule has 0 heterocycles. The monoisotopic (exact) mass is 891 g/mol. The maximum absolute atomic E-state index is 16.2. The molecule has 0 saturated carbocycles. The van der Waals surface area contributed by atoms with E-state index in [9.17, 15) is 0 Å². The summed E-state index contributed by atoms with van der Waals surface area (Å²) in [6.07, 6.45) is 19.2. The van der Waals surface area contributed by atoms with Crippen molar-refractivity contribution in [2.24, 2.45) is 0 Å². The number of phosphoric acid groups is 1. The van der Waals surface area contributed by atoms with Crippen molar-refractivity contribution in [3.05, 3.63) is 161 Å². The molecule has 0 aromatic heterocycles. The molecule has 6 aromatic rings. The molecule has 0 aliphatic heterocycles. The van der Waals surface area contributed by atoms with Crippen molar-refractivity contribution in [2.75, 3.05) is 0 Å². The summed E-state index contributed by atoms with van der Waals surface area (Å²) in [7, 11) is -4.52. The number of hydrogen-bond acceptors (Lipinski definition) is 4. The topological polar surface area (TPSA) is 44.8 Å². The summed E-state index contributed by atoms with van der Waals surface area (Å²) in [6, 6.07) is 43.8. The van der Waals surface area contributed by atoms with Crippen molar-refractivity contribution in [1.29, 1.82) is 0 Å². The number of rotatable bonds is 27. The van der Waals surface area contributed by atoms with Gasteiger partial charge in [0.05, 0.1) is 0 Å². The van der Waals surface area contributed by atoms with E-state index in [0.29, 0.717) is 17.2 Å². The number of para-hydroxylation sites is 3. The van der Waals surface area contributed by atoms with E-state index in [4.69, 9.17) is 13.6 Å². The first-order valence-electron chi connectivity index (χ1n) is 25.2. The van der Waals surface area contributed by atoms with Gasteiger partial charge in [-0.3, -0.25) is 0 Å². The number of hydrogen-bond donors (Lipinski definition) is 0. The largest absolute Gasteiger partial charge is 0.647 e. The predicted molar refractivity (Wildman–Crippen MR) is 277 cm³/mol. The van der Waals surface area contributed by atoms with Crippen LogP contribution in [0.25, 0.3) is 33.4 Å². The Morgan fingerprint density at radius 2 is 0.554 bits per heavy atom. The summed E-state index contributed by atoms with van der Waals surface area (Å²) in [6.45, 7) is 13.5. The summed E-state index contributed by atoms with van der Waals surface area (Å²) in [5.41, 5.74) is 14.0. The smallest absolute Gasteiger partial charge is 0.385 e. The van der Waals surface area contributed by atoms with Crippen LogP contribution in [-0.2, 0) is 43.1 Å². The molecular weight excluding hydrogens is 816 g/mol. The zero-order valence-corrected chi connectivity index (χ0v) is 41.3. The minimum Gasteiger partial charge on any atom is -0.385 e. The molecule has 0 aliphatic rings. The SMILES string of the molecule is CCCCc1cccc(-c2ccccc2OP(=O)(Oc2ccccc2-c2cccc(CCCC)c2CCCC)Oc2ccccc2-c2cccc(CCCC)c2CCCC)c1CCCC. The quantitative estimate of drug-likeness (QED) is 0.0483. The molecular formula is C60H75O4P. The molecule has 0 aliphatic carbocycles. The summed E-state index contributed by atoms with van der Waals surface area (Å²) in [5, 5.41) is 0. The lowest BCUT2D eigenvalue weighted by Crippen LogP contribution is -2.10. The lowest BCUT2D eigenvalue weighted by atomic mass is 9.89. The first kappa shape index (κ1) is 49.4. The van der Waals surface area contributed by atoms with E-state index in [1.54, 1.807) is 0 Å². The van der Waals surface area contributed by atoms with Crippen LogP contribution >= 0.6 is 7.82 Å². The standard InChI is InChI=1S/C60H75O4P/c1-7-13-28-46-31-25-40-52(49(46)34-16-10-4)55-37-19-22-43-58(55)62-65(61,63-59-44-23-20-38-56(59)53-41-26-32-47(29-14-8-2)50(53)35-17-11-5)64-60-45-24-21-39-57(60)54-42-27-33-48(30-15-9-3)51(54)36-18-12-6/h19-27,31-33,37-45H,7-18,28-30,34-36H2,1-6H3. The average molecular weight is 891 g/mol. The van der Waals surface area contributed by atoms with Crippen LogP contribution in [0.5, 0.6) is 17.2 Å². The molecule has 0 radical (unpaired) electrons. The zero-order valence-electron chi connectivity index (χ0n) is 40.4. The second-order valence-electron chi connectivity index (χ2n) is 17.7. The number of benzene rings is 6. The Morgan fingerprint density at radius 3 is 0.831 bits per heavy atom. The maximum atomic E-state index is 16.2. The summed E-state index contributed by atoms with van der Waals surface area (Å²) < 4.78 is 36.9. The van der Waals surface area contributed by atoms with Gasteiger partial charge in [-0.2, -0.15) is 4.57 Å². The highest BCUT2D eigenvalue weighted by atomic mass is 31.2. The summed E-state index contributed by atoms with van der Waals surface area (Å²) in [5.74, 6) is 1.39. The van der Waals surface area contributed by atoms with Crippen LogP contribution < -0.4 is 13.6 Å². The van der Waals surface area contributed by atoms with Gasteiger partial charge in [0.25, 0.3) is 0 Å². The molecule has 0 saturated heterocycles. The third kappa shape index (κ3) is 13.1. The lowest BCUT2D eigenvalue weighted by Gasteiger charge is -2.25. The summed E-state index contributed by atoms with van der Waals surface area (Å²) in [4.78, 5) is 0. The molecule has 6 rings (SSSR count). The third-order valence-corrected chi connectivity index (χ3v) is 14.0. The van der Waals surface area contributed by atoms with Gasteiger partial charge in [0.1, 0.15) is 17.2 Å². The van der Waals surface area contributed by atoms with Gasteiger partial charge in [-0.15, -0.1) is 0 Å². The van der Waals surface area contributed by atoms with E-state index in [1.165, 1.54) is 33.4 Å². The molecule has 0 amide bonds. The Morgan fingerprint density at radius 1 is 0.308 bits per heavy atom. The Balaban J connectivity index is 1.53. The molecule has 0 spiro atoms. The Kier molecular flexibility index (Phi) is 19.4. The first-order chi connectivity index (χ1) is 31.9. The number of aryl methyl sites for hydroxylation is 3. The fraction of sp³-hybridized carbons (Fsp3) is 0.400. The molecule has 0 fully saturated rings. The van der Waals surface area contributed by atoms with Gasteiger partial charge in [0, 0.05) is 16.7 Å². The molecule has 344 valence electrons. The second-order valence-corrected chi connectivity index (χ2v) is 19.1. The fourth-order valence-corrected chi connectivity index (χ4v) is 10.4. The van der Waals surface area contributed by atoms with Gasteiger partial charge in [0.2, 0.25) is 0 Å². The minimum atomic E-state index is -4.52. The van der Waals surface area contributed by atoms with Gasteiger partial charge in [0.15, 0.2) is 0 Å². The maximum Gasteiger partial charge on any atom is 0.647 e. The van der Waals surface area contributed by atoms with E-state index in [1.807, 2.05) is 54.6 Å². The van der Waals surface area contributed by atoms with E-state index in [2.05, 4.69) is 114 Å². The lowest BCUT2D eigenvalue weighted by molar-refractivity contribution is 0.299. The molecule has 5 heteroatoms. The molecule has 4 nitrogen and oxygen atoms in total. The van der Waals surface area contributed by atoms with Crippen LogP contribution in [0.1, 0.15) is 152 Å². The Bertz CT molecular complexity index is 2180. The van der Waals surface area contributed by atoms with Crippen molar-refractivity contribution in [3.8, 4) is 50.6 Å². The molecule has 6 aromatic carbocycles. The van der Waals surface area contributed by atoms with Gasteiger partial charge in [-0.05, 0) is 145 Å². The van der Waals surface area contributed by atoms with Crippen LogP contribution in [0, 0.1) is 0 Å². The van der Waals surface area contributed by atoms with Crippen LogP contribution in [0.2, 0.25) is 0 Å². The van der Waals surface area contributed by atoms with Crippen molar-refractivity contribution < 1.29 is 18.1 Å². The van der Waals surface area contributed by atoms with Gasteiger partial charge < -0.3 is 13.6 Å².